The van der Waals surface area contributed by atoms with Crippen LogP contribution in [-0.2, 0) is 0 Å². The highest BCUT2D eigenvalue weighted by molar-refractivity contribution is 6.02. The third-order valence-electron chi connectivity index (χ3n) is 11.0. The second-order valence-electron chi connectivity index (χ2n) is 14.3. The van der Waals surface area contributed by atoms with Gasteiger partial charge in [-0.1, -0.05) is 194 Å². The van der Waals surface area contributed by atoms with Gasteiger partial charge in [0.05, 0.1) is 14.2 Å². The van der Waals surface area contributed by atoms with E-state index in [0.717, 1.165) is 22.6 Å². The molecular formula is C56H42O2. The maximum Gasteiger partial charge on any atom is 0.118 e. The van der Waals surface area contributed by atoms with Gasteiger partial charge >= 0.3 is 0 Å². The Morgan fingerprint density at radius 3 is 0.517 bits per heavy atom. The van der Waals surface area contributed by atoms with Crippen LogP contribution in [-0.4, -0.2) is 14.2 Å². The van der Waals surface area contributed by atoms with E-state index in [1.807, 2.05) is 24.3 Å². The zero-order valence-corrected chi connectivity index (χ0v) is 32.6. The third-order valence-corrected chi connectivity index (χ3v) is 11.0. The minimum atomic E-state index is 0.845. The summed E-state index contributed by atoms with van der Waals surface area (Å²) in [5.41, 5.74) is 18.8. The van der Waals surface area contributed by atoms with E-state index >= 15 is 0 Å². The Balaban J connectivity index is 1.18. The van der Waals surface area contributed by atoms with Crippen molar-refractivity contribution in [2.24, 2.45) is 0 Å². The molecule has 0 fully saturated rings. The SMILES string of the molecule is COc1ccc(-c2ccccc2-c2ccccc2-c2ccccc2-c2ccccc2-c2ccccc2-c2ccccc2-c2ccccc2-c2ccc(OC)cc2)cc1. The van der Waals surface area contributed by atoms with Gasteiger partial charge < -0.3 is 9.47 Å². The molecule has 2 heteroatoms. The first kappa shape index (κ1) is 36.2. The molecule has 2 nitrogen and oxygen atoms in total. The van der Waals surface area contributed by atoms with Gasteiger partial charge in [0.2, 0.25) is 0 Å². The van der Waals surface area contributed by atoms with Crippen LogP contribution in [0.2, 0.25) is 0 Å². The quantitative estimate of drug-likeness (QED) is 0.139. The number of ether oxygens (including phenoxy) is 2. The Hall–Kier alpha value is -7.42. The monoisotopic (exact) mass is 746 g/mol. The molecule has 0 aliphatic heterocycles. The Morgan fingerprint density at radius 2 is 0.345 bits per heavy atom. The number of benzene rings is 9. The fraction of sp³-hybridized carbons (Fsp3) is 0.0357. The predicted molar refractivity (Wildman–Crippen MR) is 243 cm³/mol. The lowest BCUT2D eigenvalue weighted by Gasteiger charge is -2.20. The van der Waals surface area contributed by atoms with Gasteiger partial charge in [0.1, 0.15) is 11.5 Å². The van der Waals surface area contributed by atoms with Gasteiger partial charge in [0.15, 0.2) is 0 Å². The Labute approximate surface area is 341 Å². The molecular weight excluding hydrogens is 705 g/mol. The normalized spacial score (nSPS) is 10.9. The van der Waals surface area contributed by atoms with Crippen LogP contribution in [0.25, 0.3) is 89.0 Å². The molecule has 0 saturated carbocycles. The molecule has 9 aromatic carbocycles. The zero-order valence-electron chi connectivity index (χ0n) is 32.6. The summed E-state index contributed by atoms with van der Waals surface area (Å²) in [5.74, 6) is 1.69. The number of hydrogen-bond donors (Lipinski definition) is 0. The molecule has 9 aromatic rings. The standard InChI is InChI=1S/C56H42O2/c1-57-41-35-31-39(32-36-41)43-17-3-5-19-45(43)47-21-7-9-23-49(47)51-25-11-13-27-53(51)55-29-15-16-30-56(55)54-28-14-12-26-52(54)50-24-10-8-22-48(50)46-20-6-4-18-44(46)40-33-37-42(58-2)38-34-40/h3-38H,1-2H3. The van der Waals surface area contributed by atoms with Crippen LogP contribution >= 0.6 is 0 Å². The average molecular weight is 747 g/mol. The first-order valence-corrected chi connectivity index (χ1v) is 19.7. The first-order chi connectivity index (χ1) is 28.7. The summed E-state index contributed by atoms with van der Waals surface area (Å²) in [5, 5.41) is 0. The molecule has 0 N–H and O–H groups in total. The second-order valence-corrected chi connectivity index (χ2v) is 14.3. The van der Waals surface area contributed by atoms with Gasteiger partial charge in [-0.05, 0) is 113 Å². The summed E-state index contributed by atoms with van der Waals surface area (Å²) in [7, 11) is 3.41. The van der Waals surface area contributed by atoms with Gasteiger partial charge in [-0.2, -0.15) is 0 Å². The summed E-state index contributed by atoms with van der Waals surface area (Å²) >= 11 is 0. The van der Waals surface area contributed by atoms with Crippen molar-refractivity contribution in [2.75, 3.05) is 14.2 Å². The molecule has 0 aliphatic carbocycles. The lowest BCUT2D eigenvalue weighted by atomic mass is 9.83. The van der Waals surface area contributed by atoms with E-state index in [4.69, 9.17) is 9.47 Å². The van der Waals surface area contributed by atoms with Crippen molar-refractivity contribution in [2.45, 2.75) is 0 Å². The number of methoxy groups -OCH3 is 2. The summed E-state index contributed by atoms with van der Waals surface area (Å²) < 4.78 is 11.0. The Kier molecular flexibility index (Phi) is 10.2. The molecule has 0 amide bonds. The van der Waals surface area contributed by atoms with E-state index in [-0.39, 0.29) is 0 Å². The molecule has 9 rings (SSSR count). The van der Waals surface area contributed by atoms with Crippen LogP contribution in [0.3, 0.4) is 0 Å². The second kappa shape index (κ2) is 16.4. The number of hydrogen-bond acceptors (Lipinski definition) is 2. The fourth-order valence-electron chi connectivity index (χ4n) is 8.24. The van der Waals surface area contributed by atoms with Gasteiger partial charge in [0, 0.05) is 0 Å². The van der Waals surface area contributed by atoms with Crippen molar-refractivity contribution >= 4 is 0 Å². The lowest BCUT2D eigenvalue weighted by molar-refractivity contribution is 0.415. The number of rotatable bonds is 10. The molecule has 0 radical (unpaired) electrons. The summed E-state index contributed by atoms with van der Waals surface area (Å²) in [6, 6.07) is 78.1. The average Bonchev–Trinajstić information content (AvgIpc) is 3.31. The predicted octanol–water partition coefficient (Wildman–Crippen LogP) is 15.0. The van der Waals surface area contributed by atoms with Crippen molar-refractivity contribution in [3.8, 4) is 101 Å². The topological polar surface area (TPSA) is 18.5 Å². The molecule has 278 valence electrons. The van der Waals surface area contributed by atoms with Gasteiger partial charge in [-0.15, -0.1) is 0 Å². The molecule has 0 spiro atoms. The molecule has 0 heterocycles. The van der Waals surface area contributed by atoms with Crippen molar-refractivity contribution in [1.82, 2.24) is 0 Å². The largest absolute Gasteiger partial charge is 0.497 e. The lowest BCUT2D eigenvalue weighted by Crippen LogP contribution is -1.94. The molecule has 0 saturated heterocycles. The highest BCUT2D eigenvalue weighted by atomic mass is 16.5. The molecule has 0 unspecified atom stereocenters. The Morgan fingerprint density at radius 1 is 0.190 bits per heavy atom. The smallest absolute Gasteiger partial charge is 0.118 e. The maximum atomic E-state index is 5.48. The van der Waals surface area contributed by atoms with Crippen molar-refractivity contribution in [3.63, 3.8) is 0 Å². The van der Waals surface area contributed by atoms with Crippen LogP contribution in [0, 0.1) is 0 Å². The minimum Gasteiger partial charge on any atom is -0.497 e. The highest BCUT2D eigenvalue weighted by Gasteiger charge is 2.20. The van der Waals surface area contributed by atoms with Crippen molar-refractivity contribution in [1.29, 1.82) is 0 Å². The van der Waals surface area contributed by atoms with Crippen molar-refractivity contribution < 1.29 is 9.47 Å². The Bertz CT molecular complexity index is 2650. The first-order valence-electron chi connectivity index (χ1n) is 19.7. The van der Waals surface area contributed by atoms with E-state index in [1.165, 1.54) is 77.9 Å². The van der Waals surface area contributed by atoms with E-state index in [2.05, 4.69) is 194 Å². The van der Waals surface area contributed by atoms with E-state index in [0.29, 0.717) is 0 Å². The molecule has 0 aliphatic rings. The summed E-state index contributed by atoms with van der Waals surface area (Å²) in [6.07, 6.45) is 0. The van der Waals surface area contributed by atoms with Gasteiger partial charge in [-0.25, -0.2) is 0 Å². The molecule has 0 bridgehead atoms. The minimum absolute atomic E-state index is 0.845. The van der Waals surface area contributed by atoms with Crippen LogP contribution in [0.1, 0.15) is 0 Å². The van der Waals surface area contributed by atoms with E-state index in [9.17, 15) is 0 Å². The van der Waals surface area contributed by atoms with Gasteiger partial charge in [-0.3, -0.25) is 0 Å². The fourth-order valence-corrected chi connectivity index (χ4v) is 8.24. The van der Waals surface area contributed by atoms with Crippen LogP contribution in [0.5, 0.6) is 11.5 Å². The molecule has 0 atom stereocenters. The molecule has 0 aromatic heterocycles. The zero-order chi connectivity index (χ0) is 39.3. The van der Waals surface area contributed by atoms with Crippen LogP contribution in [0.15, 0.2) is 218 Å². The van der Waals surface area contributed by atoms with E-state index in [1.54, 1.807) is 14.2 Å². The van der Waals surface area contributed by atoms with E-state index < -0.39 is 0 Å². The molecule has 58 heavy (non-hydrogen) atoms. The van der Waals surface area contributed by atoms with Crippen molar-refractivity contribution in [3.05, 3.63) is 218 Å². The van der Waals surface area contributed by atoms with Crippen LogP contribution in [0.4, 0.5) is 0 Å². The maximum absolute atomic E-state index is 5.48. The van der Waals surface area contributed by atoms with Gasteiger partial charge in [0.25, 0.3) is 0 Å². The summed E-state index contributed by atoms with van der Waals surface area (Å²) in [4.78, 5) is 0. The van der Waals surface area contributed by atoms with Crippen LogP contribution < -0.4 is 9.47 Å². The summed E-state index contributed by atoms with van der Waals surface area (Å²) in [6.45, 7) is 0. The highest BCUT2D eigenvalue weighted by Crippen LogP contribution is 2.46. The third kappa shape index (κ3) is 6.97.